The van der Waals surface area contributed by atoms with Crippen LogP contribution in [0.1, 0.15) is 108 Å². The normalized spacial score (nSPS) is 20.7. The maximum Gasteiger partial charge on any atom is 0.0822 e. The average molecular weight is 430 g/mol. The van der Waals surface area contributed by atoms with E-state index in [0.29, 0.717) is 0 Å². The fraction of sp³-hybridized carbons (Fsp3) is 0.581. The quantitative estimate of drug-likeness (QED) is 0.308. The van der Waals surface area contributed by atoms with Crippen LogP contribution in [0.5, 0.6) is 0 Å². The van der Waals surface area contributed by atoms with Gasteiger partial charge in [0.1, 0.15) is 0 Å². The lowest BCUT2D eigenvalue weighted by molar-refractivity contribution is 0.261. The van der Waals surface area contributed by atoms with Crippen LogP contribution in [0.25, 0.3) is 11.1 Å². The van der Waals surface area contributed by atoms with Crippen LogP contribution >= 0.6 is 0 Å². The first-order valence-corrected chi connectivity index (χ1v) is 13.3. The Kier molecular flexibility index (Phi) is 9.86. The molecule has 172 valence electrons. The first-order valence-electron chi connectivity index (χ1n) is 13.3. The number of nitrogens with zero attached hydrogens (tertiary/aromatic N) is 1. The second-order valence-electron chi connectivity index (χ2n) is 10.1. The van der Waals surface area contributed by atoms with E-state index in [0.717, 1.165) is 18.8 Å². The monoisotopic (exact) mass is 429 g/mol. The minimum atomic E-state index is -0.277. The van der Waals surface area contributed by atoms with Gasteiger partial charge in [-0.05, 0) is 66.7 Å². The summed E-state index contributed by atoms with van der Waals surface area (Å²) in [6.45, 7) is 4.53. The van der Waals surface area contributed by atoms with Crippen molar-refractivity contribution < 1.29 is 0 Å². The van der Waals surface area contributed by atoms with Gasteiger partial charge in [-0.1, -0.05) is 114 Å². The molecule has 0 atom stereocenters. The summed E-state index contributed by atoms with van der Waals surface area (Å²) in [5.41, 5.74) is 4.91. The summed E-state index contributed by atoms with van der Waals surface area (Å²) in [5.74, 6) is 0.827. The molecule has 0 amide bonds. The zero-order valence-electron chi connectivity index (χ0n) is 20.5. The maximum atomic E-state index is 10.1. The lowest BCUT2D eigenvalue weighted by Gasteiger charge is -2.35. The lowest BCUT2D eigenvalue weighted by Crippen LogP contribution is -2.30. The predicted octanol–water partition coefficient (Wildman–Crippen LogP) is 9.40. The molecule has 0 radical (unpaired) electrons. The molecule has 1 nitrogen and oxygen atoms in total. The molecule has 0 aromatic heterocycles. The number of unbranched alkanes of at least 4 members (excludes halogenated alkanes) is 6. The van der Waals surface area contributed by atoms with Crippen molar-refractivity contribution in [2.24, 2.45) is 5.92 Å². The minimum absolute atomic E-state index is 0.277. The molecule has 3 rings (SSSR count). The molecule has 0 unspecified atom stereocenters. The second-order valence-corrected chi connectivity index (χ2v) is 10.1. The van der Waals surface area contributed by atoms with E-state index in [1.54, 1.807) is 0 Å². The average Bonchev–Trinajstić information content (AvgIpc) is 2.85. The third-order valence-corrected chi connectivity index (χ3v) is 7.68. The third kappa shape index (κ3) is 6.71. The first-order chi connectivity index (χ1) is 15.7. The topological polar surface area (TPSA) is 23.8 Å². The molecule has 1 aliphatic carbocycles. The number of benzene rings is 2. The van der Waals surface area contributed by atoms with Gasteiger partial charge in [-0.15, -0.1) is 0 Å². The predicted molar refractivity (Wildman–Crippen MR) is 138 cm³/mol. The molecule has 0 spiro atoms. The van der Waals surface area contributed by atoms with E-state index in [1.165, 1.54) is 99.3 Å². The third-order valence-electron chi connectivity index (χ3n) is 7.68. The Morgan fingerprint density at radius 2 is 1.31 bits per heavy atom. The summed E-state index contributed by atoms with van der Waals surface area (Å²) in [7, 11) is 0. The Morgan fingerprint density at radius 1 is 0.750 bits per heavy atom. The summed E-state index contributed by atoms with van der Waals surface area (Å²) in [5, 5.41) is 10.1. The van der Waals surface area contributed by atoms with Gasteiger partial charge in [0.25, 0.3) is 0 Å². The summed E-state index contributed by atoms with van der Waals surface area (Å²) in [4.78, 5) is 0. The number of aryl methyl sites for hydroxylation is 1. The number of rotatable bonds is 12. The molecule has 2 aromatic rings. The van der Waals surface area contributed by atoms with E-state index in [1.807, 2.05) is 0 Å². The van der Waals surface area contributed by atoms with Crippen molar-refractivity contribution in [3.63, 3.8) is 0 Å². The largest absolute Gasteiger partial charge is 0.197 e. The van der Waals surface area contributed by atoms with Gasteiger partial charge < -0.3 is 0 Å². The van der Waals surface area contributed by atoms with Crippen LogP contribution in [0.15, 0.2) is 48.5 Å². The van der Waals surface area contributed by atoms with Crippen molar-refractivity contribution in [3.05, 3.63) is 59.7 Å². The summed E-state index contributed by atoms with van der Waals surface area (Å²) in [6.07, 6.45) is 17.7. The fourth-order valence-electron chi connectivity index (χ4n) is 5.39. The first kappa shape index (κ1) is 24.6. The SMILES string of the molecule is CCCCCCC[C@H]1CC[C@@](C#N)(c2ccc(-c3ccc(CCCCC)cc3)cc2)CC1. The molecule has 32 heavy (non-hydrogen) atoms. The summed E-state index contributed by atoms with van der Waals surface area (Å²) in [6, 6.07) is 20.7. The van der Waals surface area contributed by atoms with E-state index < -0.39 is 0 Å². The van der Waals surface area contributed by atoms with Gasteiger partial charge in [0.15, 0.2) is 0 Å². The smallest absolute Gasteiger partial charge is 0.0822 e. The molecule has 0 heterocycles. The molecule has 0 saturated heterocycles. The van der Waals surface area contributed by atoms with Crippen LogP contribution in [-0.4, -0.2) is 0 Å². The van der Waals surface area contributed by atoms with Gasteiger partial charge >= 0.3 is 0 Å². The summed E-state index contributed by atoms with van der Waals surface area (Å²) < 4.78 is 0. The van der Waals surface area contributed by atoms with Crippen LogP contribution in [0, 0.1) is 17.2 Å². The highest BCUT2D eigenvalue weighted by molar-refractivity contribution is 5.64. The minimum Gasteiger partial charge on any atom is -0.197 e. The molecule has 1 fully saturated rings. The Labute approximate surface area is 197 Å². The molecule has 0 bridgehead atoms. The van der Waals surface area contributed by atoms with Gasteiger partial charge in [0.2, 0.25) is 0 Å². The second kappa shape index (κ2) is 12.8. The van der Waals surface area contributed by atoms with Crippen LogP contribution in [0.2, 0.25) is 0 Å². The fourth-order valence-corrected chi connectivity index (χ4v) is 5.39. The molecule has 0 aliphatic heterocycles. The van der Waals surface area contributed by atoms with Crippen molar-refractivity contribution in [2.45, 2.75) is 109 Å². The Balaban J connectivity index is 1.56. The van der Waals surface area contributed by atoms with Gasteiger partial charge in [0.05, 0.1) is 11.5 Å². The van der Waals surface area contributed by atoms with E-state index in [2.05, 4.69) is 68.4 Å². The van der Waals surface area contributed by atoms with Crippen molar-refractivity contribution in [1.29, 1.82) is 5.26 Å². The lowest BCUT2D eigenvalue weighted by atomic mass is 9.66. The molecular formula is C31H43N. The Hall–Kier alpha value is -2.07. The molecule has 1 saturated carbocycles. The zero-order valence-corrected chi connectivity index (χ0v) is 20.5. The van der Waals surface area contributed by atoms with Gasteiger partial charge in [0, 0.05) is 0 Å². The van der Waals surface area contributed by atoms with Crippen molar-refractivity contribution in [1.82, 2.24) is 0 Å². The highest BCUT2D eigenvalue weighted by Crippen LogP contribution is 2.43. The van der Waals surface area contributed by atoms with E-state index in [4.69, 9.17) is 0 Å². The van der Waals surface area contributed by atoms with Gasteiger partial charge in [-0.3, -0.25) is 0 Å². The zero-order chi connectivity index (χ0) is 22.7. The van der Waals surface area contributed by atoms with Crippen molar-refractivity contribution in [2.75, 3.05) is 0 Å². The molecule has 1 heteroatoms. The van der Waals surface area contributed by atoms with Crippen molar-refractivity contribution >= 4 is 0 Å². The van der Waals surface area contributed by atoms with Gasteiger partial charge in [-0.2, -0.15) is 5.26 Å². The van der Waals surface area contributed by atoms with Crippen LogP contribution in [-0.2, 0) is 11.8 Å². The number of nitriles is 1. The summed E-state index contributed by atoms with van der Waals surface area (Å²) >= 11 is 0. The molecule has 1 aliphatic rings. The highest BCUT2D eigenvalue weighted by atomic mass is 14.4. The molecule has 2 aromatic carbocycles. The maximum absolute atomic E-state index is 10.1. The molecule has 0 N–H and O–H groups in total. The van der Waals surface area contributed by atoms with Crippen LogP contribution in [0.3, 0.4) is 0 Å². The van der Waals surface area contributed by atoms with Gasteiger partial charge in [-0.25, -0.2) is 0 Å². The number of hydrogen-bond acceptors (Lipinski definition) is 1. The molecular weight excluding hydrogens is 386 g/mol. The van der Waals surface area contributed by atoms with Crippen LogP contribution < -0.4 is 0 Å². The van der Waals surface area contributed by atoms with E-state index in [-0.39, 0.29) is 5.41 Å². The number of hydrogen-bond donors (Lipinski definition) is 0. The van der Waals surface area contributed by atoms with Crippen molar-refractivity contribution in [3.8, 4) is 17.2 Å². The highest BCUT2D eigenvalue weighted by Gasteiger charge is 2.36. The van der Waals surface area contributed by atoms with Crippen LogP contribution in [0.4, 0.5) is 0 Å². The van der Waals surface area contributed by atoms with E-state index in [9.17, 15) is 5.26 Å². The standard InChI is InChI=1S/C31H43N/c1-3-5-7-8-10-12-27-21-23-31(25-32,24-22-27)30-19-17-29(18-20-30)28-15-13-26(14-16-28)11-9-6-4-2/h13-20,27H,3-12,21-24H2,1-2H3/t27-,31+. The van der Waals surface area contributed by atoms with E-state index >= 15 is 0 Å². The Bertz CT molecular complexity index is 816. The Morgan fingerprint density at radius 3 is 1.91 bits per heavy atom.